The first-order chi connectivity index (χ1) is 19.7. The Balaban J connectivity index is 1.51. The van der Waals surface area contributed by atoms with E-state index in [4.69, 9.17) is 4.74 Å². The molecule has 0 bridgehead atoms. The zero-order valence-electron chi connectivity index (χ0n) is 22.9. The summed E-state index contributed by atoms with van der Waals surface area (Å²) in [6.45, 7) is 4.86. The van der Waals surface area contributed by atoms with E-state index in [-0.39, 0.29) is 34.3 Å². The molecule has 11 heteroatoms. The number of nitrogens with zero attached hydrogens (tertiary/aromatic N) is 2. The summed E-state index contributed by atoms with van der Waals surface area (Å²) in [7, 11) is 1.57. The van der Waals surface area contributed by atoms with Crippen LogP contribution >= 0.6 is 11.8 Å². The molecule has 1 heterocycles. The lowest BCUT2D eigenvalue weighted by molar-refractivity contribution is -0.384. The predicted molar refractivity (Wildman–Crippen MR) is 158 cm³/mol. The number of methoxy groups -OCH3 is 1. The van der Waals surface area contributed by atoms with Crippen LogP contribution in [0.2, 0.25) is 0 Å². The van der Waals surface area contributed by atoms with Crippen LogP contribution in [0.3, 0.4) is 0 Å². The number of imide groups is 1. The van der Waals surface area contributed by atoms with E-state index in [9.17, 15) is 24.5 Å². The molecule has 212 valence electrons. The zero-order chi connectivity index (χ0) is 29.5. The number of rotatable bonds is 12. The van der Waals surface area contributed by atoms with Crippen molar-refractivity contribution in [2.75, 3.05) is 30.9 Å². The van der Waals surface area contributed by atoms with E-state index in [2.05, 4.69) is 24.5 Å². The summed E-state index contributed by atoms with van der Waals surface area (Å²) in [5, 5.41) is 16.7. The molecule has 3 aromatic carbocycles. The van der Waals surface area contributed by atoms with Crippen LogP contribution in [0.5, 0.6) is 0 Å². The van der Waals surface area contributed by atoms with Crippen LogP contribution in [-0.4, -0.2) is 47.8 Å². The summed E-state index contributed by atoms with van der Waals surface area (Å²) in [6.07, 6.45) is 0.519. The van der Waals surface area contributed by atoms with E-state index in [1.807, 2.05) is 24.3 Å². The average Bonchev–Trinajstić information content (AvgIpc) is 3.18. The van der Waals surface area contributed by atoms with Crippen LogP contribution in [0.15, 0.2) is 88.3 Å². The molecule has 1 aliphatic heterocycles. The van der Waals surface area contributed by atoms with Crippen LogP contribution in [0.1, 0.15) is 42.1 Å². The number of hydrogen-bond acceptors (Lipinski definition) is 8. The third-order valence-electron chi connectivity index (χ3n) is 6.37. The summed E-state index contributed by atoms with van der Waals surface area (Å²) in [5.74, 6) is -0.829. The van der Waals surface area contributed by atoms with Crippen LogP contribution in [-0.2, 0) is 14.3 Å². The smallest absolute Gasteiger partial charge is 0.278 e. The van der Waals surface area contributed by atoms with Crippen molar-refractivity contribution in [2.45, 2.75) is 31.1 Å². The molecule has 3 amide bonds. The van der Waals surface area contributed by atoms with Gasteiger partial charge < -0.3 is 15.4 Å². The van der Waals surface area contributed by atoms with Gasteiger partial charge in [0.15, 0.2) is 0 Å². The van der Waals surface area contributed by atoms with Crippen molar-refractivity contribution in [1.29, 1.82) is 0 Å². The number of hydrogen-bond donors (Lipinski definition) is 2. The maximum Gasteiger partial charge on any atom is 0.278 e. The van der Waals surface area contributed by atoms with Gasteiger partial charge in [-0.15, -0.1) is 0 Å². The van der Waals surface area contributed by atoms with Gasteiger partial charge in [-0.1, -0.05) is 37.7 Å². The number of non-ortho nitro benzene ring substituents is 1. The van der Waals surface area contributed by atoms with Gasteiger partial charge in [-0.3, -0.25) is 29.4 Å². The number of nitro groups is 1. The number of carbonyl (C=O) groups excluding carboxylic acids is 3. The van der Waals surface area contributed by atoms with E-state index >= 15 is 0 Å². The van der Waals surface area contributed by atoms with Gasteiger partial charge >= 0.3 is 0 Å². The Hall–Kier alpha value is -4.48. The molecule has 0 fully saturated rings. The van der Waals surface area contributed by atoms with Gasteiger partial charge in [0.1, 0.15) is 10.6 Å². The first-order valence-electron chi connectivity index (χ1n) is 13.0. The highest BCUT2D eigenvalue weighted by atomic mass is 32.2. The zero-order valence-corrected chi connectivity index (χ0v) is 23.7. The van der Waals surface area contributed by atoms with E-state index in [1.54, 1.807) is 31.4 Å². The molecule has 0 aromatic heterocycles. The molecule has 3 aromatic rings. The van der Waals surface area contributed by atoms with Gasteiger partial charge in [-0.2, -0.15) is 0 Å². The number of ether oxygens (including phenoxy) is 1. The monoisotopic (exact) mass is 574 g/mol. The summed E-state index contributed by atoms with van der Waals surface area (Å²) < 4.78 is 5.09. The SMILES string of the molecule is COCCCN1C(=O)C(Nc2ccc(C(C)C)cc2)=C(Sc2ccc(NC(=O)c3ccc([N+](=O)[O-])cc3)cc2)C1=O. The Kier molecular flexibility index (Phi) is 9.53. The van der Waals surface area contributed by atoms with E-state index < -0.39 is 16.7 Å². The van der Waals surface area contributed by atoms with Crippen molar-refractivity contribution in [1.82, 2.24) is 4.90 Å². The number of nitro benzene ring substituents is 1. The number of carbonyl (C=O) groups is 3. The standard InChI is InChI=1S/C30H30N4O6S/c1-19(2)20-5-9-22(10-6-20)31-26-27(30(37)33(29(26)36)17-4-18-40-3)41-25-15-11-23(12-16-25)32-28(35)21-7-13-24(14-8-21)34(38)39/h5-16,19,31H,4,17-18H2,1-3H3,(H,32,35). The van der Waals surface area contributed by atoms with Crippen molar-refractivity contribution in [3.05, 3.63) is 105 Å². The lowest BCUT2D eigenvalue weighted by Crippen LogP contribution is -2.33. The molecule has 1 aliphatic rings. The number of nitrogens with one attached hydrogen (secondary N) is 2. The van der Waals surface area contributed by atoms with Gasteiger partial charge in [0.2, 0.25) is 0 Å². The summed E-state index contributed by atoms with van der Waals surface area (Å²) in [4.78, 5) is 51.7. The van der Waals surface area contributed by atoms with Gasteiger partial charge in [0.05, 0.1) is 4.92 Å². The average molecular weight is 575 g/mol. The first kappa shape index (κ1) is 29.5. The fraction of sp³-hybridized carbons (Fsp3) is 0.233. The highest BCUT2D eigenvalue weighted by Crippen LogP contribution is 2.36. The molecule has 0 saturated carbocycles. The minimum atomic E-state index is -0.529. The Morgan fingerprint density at radius 2 is 1.59 bits per heavy atom. The number of thioether (sulfide) groups is 1. The first-order valence-corrected chi connectivity index (χ1v) is 13.8. The molecule has 10 nitrogen and oxygen atoms in total. The summed E-state index contributed by atoms with van der Waals surface area (Å²) in [5.41, 5.74) is 2.76. The maximum absolute atomic E-state index is 13.3. The van der Waals surface area contributed by atoms with Gasteiger partial charge in [0.25, 0.3) is 23.4 Å². The van der Waals surface area contributed by atoms with Crippen molar-refractivity contribution in [2.24, 2.45) is 0 Å². The Morgan fingerprint density at radius 3 is 2.17 bits per heavy atom. The highest BCUT2D eigenvalue weighted by molar-refractivity contribution is 8.04. The van der Waals surface area contributed by atoms with Gasteiger partial charge in [-0.25, -0.2) is 0 Å². The second-order valence-corrected chi connectivity index (χ2v) is 10.7. The van der Waals surface area contributed by atoms with Crippen LogP contribution < -0.4 is 10.6 Å². The normalized spacial score (nSPS) is 13.2. The molecule has 2 N–H and O–H groups in total. The third-order valence-corrected chi connectivity index (χ3v) is 7.47. The molecule has 0 radical (unpaired) electrons. The second kappa shape index (κ2) is 13.2. The predicted octanol–water partition coefficient (Wildman–Crippen LogP) is 5.79. The Labute approximate surface area is 241 Å². The molecule has 0 saturated heterocycles. The molecule has 0 spiro atoms. The van der Waals surface area contributed by atoms with Crippen molar-refractivity contribution >= 4 is 46.5 Å². The van der Waals surface area contributed by atoms with Crippen LogP contribution in [0.25, 0.3) is 0 Å². The van der Waals surface area contributed by atoms with E-state index in [0.29, 0.717) is 35.2 Å². The molecule has 0 atom stereocenters. The maximum atomic E-state index is 13.3. The number of benzene rings is 3. The van der Waals surface area contributed by atoms with E-state index in [1.165, 1.54) is 40.9 Å². The fourth-order valence-corrected chi connectivity index (χ4v) is 5.03. The molecule has 0 unspecified atom stereocenters. The molecule has 0 aliphatic carbocycles. The molecule has 41 heavy (non-hydrogen) atoms. The van der Waals surface area contributed by atoms with Crippen molar-refractivity contribution in [3.8, 4) is 0 Å². The largest absolute Gasteiger partial charge is 0.385 e. The number of anilines is 2. The Bertz CT molecular complexity index is 1470. The summed E-state index contributed by atoms with van der Waals surface area (Å²) in [6, 6.07) is 19.9. The van der Waals surface area contributed by atoms with Crippen molar-refractivity contribution < 1.29 is 24.0 Å². The highest BCUT2D eigenvalue weighted by Gasteiger charge is 2.38. The fourth-order valence-electron chi connectivity index (χ4n) is 4.09. The molecular weight excluding hydrogens is 544 g/mol. The minimum Gasteiger partial charge on any atom is -0.385 e. The van der Waals surface area contributed by atoms with Gasteiger partial charge in [-0.05, 0) is 66.4 Å². The quantitative estimate of drug-likeness (QED) is 0.120. The summed E-state index contributed by atoms with van der Waals surface area (Å²) >= 11 is 1.17. The van der Waals surface area contributed by atoms with Crippen LogP contribution in [0.4, 0.5) is 17.1 Å². The van der Waals surface area contributed by atoms with Gasteiger partial charge in [0, 0.05) is 54.2 Å². The third kappa shape index (κ3) is 7.19. The minimum absolute atomic E-state index is 0.101. The number of amides is 3. The molecular formula is C30H30N4O6S. The van der Waals surface area contributed by atoms with Crippen molar-refractivity contribution in [3.63, 3.8) is 0 Å². The second-order valence-electron chi connectivity index (χ2n) is 9.60. The van der Waals surface area contributed by atoms with Crippen LogP contribution in [0, 0.1) is 10.1 Å². The lowest BCUT2D eigenvalue weighted by Gasteiger charge is -2.15. The molecule has 4 rings (SSSR count). The van der Waals surface area contributed by atoms with E-state index in [0.717, 1.165) is 5.56 Å². The topological polar surface area (TPSA) is 131 Å². The Morgan fingerprint density at radius 1 is 0.951 bits per heavy atom. The lowest BCUT2D eigenvalue weighted by atomic mass is 10.0.